The van der Waals surface area contributed by atoms with Crippen LogP contribution in [-0.2, 0) is 11.3 Å². The largest absolute Gasteiger partial charge is 0.489 e. The van der Waals surface area contributed by atoms with Crippen molar-refractivity contribution < 1.29 is 14.3 Å². The SMILES string of the molecule is O=C1N[C@H](c2cccc(OCc3ccccc3)c2)CO1. The van der Waals surface area contributed by atoms with E-state index in [0.717, 1.165) is 16.9 Å². The Morgan fingerprint density at radius 1 is 1.15 bits per heavy atom. The van der Waals surface area contributed by atoms with E-state index in [1.54, 1.807) is 0 Å². The highest BCUT2D eigenvalue weighted by Gasteiger charge is 2.23. The minimum atomic E-state index is -0.370. The second kappa shape index (κ2) is 5.65. The molecule has 1 saturated heterocycles. The minimum absolute atomic E-state index is 0.0947. The Morgan fingerprint density at radius 3 is 2.75 bits per heavy atom. The van der Waals surface area contributed by atoms with Gasteiger partial charge in [0.2, 0.25) is 0 Å². The molecule has 1 atom stereocenters. The van der Waals surface area contributed by atoms with E-state index in [4.69, 9.17) is 9.47 Å². The molecule has 102 valence electrons. The molecule has 1 aliphatic heterocycles. The summed E-state index contributed by atoms with van der Waals surface area (Å²) >= 11 is 0. The molecule has 0 spiro atoms. The van der Waals surface area contributed by atoms with Crippen molar-refractivity contribution in [2.75, 3.05) is 6.61 Å². The van der Waals surface area contributed by atoms with Crippen LogP contribution in [0.25, 0.3) is 0 Å². The summed E-state index contributed by atoms with van der Waals surface area (Å²) in [7, 11) is 0. The van der Waals surface area contributed by atoms with Crippen LogP contribution >= 0.6 is 0 Å². The summed E-state index contributed by atoms with van der Waals surface area (Å²) in [5.41, 5.74) is 2.11. The van der Waals surface area contributed by atoms with Gasteiger partial charge in [0.25, 0.3) is 0 Å². The molecule has 2 aromatic rings. The average Bonchev–Trinajstić information content (AvgIpc) is 2.93. The number of alkyl carbamates (subject to hydrolysis) is 1. The Kier molecular flexibility index (Phi) is 3.54. The van der Waals surface area contributed by atoms with E-state index in [0.29, 0.717) is 13.2 Å². The van der Waals surface area contributed by atoms with Gasteiger partial charge in [-0.15, -0.1) is 0 Å². The van der Waals surface area contributed by atoms with Crippen molar-refractivity contribution in [3.63, 3.8) is 0 Å². The number of hydrogen-bond acceptors (Lipinski definition) is 3. The molecule has 1 amide bonds. The van der Waals surface area contributed by atoms with Gasteiger partial charge >= 0.3 is 6.09 Å². The molecule has 2 aromatic carbocycles. The second-order valence-electron chi connectivity index (χ2n) is 4.64. The molecule has 0 unspecified atom stereocenters. The maximum Gasteiger partial charge on any atom is 0.407 e. The molecular weight excluding hydrogens is 254 g/mol. The Balaban J connectivity index is 1.67. The van der Waals surface area contributed by atoms with Gasteiger partial charge in [-0.3, -0.25) is 0 Å². The quantitative estimate of drug-likeness (QED) is 0.928. The third-order valence-corrected chi connectivity index (χ3v) is 3.18. The highest BCUT2D eigenvalue weighted by atomic mass is 16.6. The molecule has 0 aromatic heterocycles. The van der Waals surface area contributed by atoms with Gasteiger partial charge in [-0.25, -0.2) is 4.79 Å². The van der Waals surface area contributed by atoms with E-state index in [2.05, 4.69) is 5.32 Å². The number of rotatable bonds is 4. The van der Waals surface area contributed by atoms with Crippen LogP contribution in [0.5, 0.6) is 5.75 Å². The van der Waals surface area contributed by atoms with Crippen molar-refractivity contribution in [2.45, 2.75) is 12.6 Å². The fourth-order valence-corrected chi connectivity index (χ4v) is 2.13. The Morgan fingerprint density at radius 2 is 2.00 bits per heavy atom. The van der Waals surface area contributed by atoms with Gasteiger partial charge < -0.3 is 14.8 Å². The first-order valence-electron chi connectivity index (χ1n) is 6.51. The van der Waals surface area contributed by atoms with Crippen molar-refractivity contribution in [3.05, 3.63) is 65.7 Å². The van der Waals surface area contributed by atoms with E-state index in [1.165, 1.54) is 0 Å². The van der Waals surface area contributed by atoms with Crippen LogP contribution in [0, 0.1) is 0 Å². The molecule has 0 aliphatic carbocycles. The van der Waals surface area contributed by atoms with Crippen molar-refractivity contribution in [1.82, 2.24) is 5.32 Å². The zero-order valence-electron chi connectivity index (χ0n) is 10.9. The van der Waals surface area contributed by atoms with Crippen LogP contribution in [0.4, 0.5) is 4.79 Å². The number of ether oxygens (including phenoxy) is 2. The maximum absolute atomic E-state index is 11.1. The van der Waals surface area contributed by atoms with Crippen LogP contribution in [0.3, 0.4) is 0 Å². The first-order chi connectivity index (χ1) is 9.81. The molecule has 0 radical (unpaired) electrons. The Hall–Kier alpha value is -2.49. The van der Waals surface area contributed by atoms with E-state index < -0.39 is 0 Å². The van der Waals surface area contributed by atoms with Crippen molar-refractivity contribution in [1.29, 1.82) is 0 Å². The lowest BCUT2D eigenvalue weighted by Crippen LogP contribution is -2.18. The average molecular weight is 269 g/mol. The van der Waals surface area contributed by atoms with Gasteiger partial charge in [-0.1, -0.05) is 42.5 Å². The van der Waals surface area contributed by atoms with Gasteiger partial charge in [-0.05, 0) is 23.3 Å². The summed E-state index contributed by atoms with van der Waals surface area (Å²) in [6, 6.07) is 17.6. The molecule has 1 heterocycles. The molecule has 0 bridgehead atoms. The fourth-order valence-electron chi connectivity index (χ4n) is 2.13. The first kappa shape index (κ1) is 12.5. The van der Waals surface area contributed by atoms with Gasteiger partial charge in [-0.2, -0.15) is 0 Å². The molecule has 4 heteroatoms. The number of carbonyl (C=O) groups excluding carboxylic acids is 1. The van der Waals surface area contributed by atoms with E-state index in [9.17, 15) is 4.79 Å². The fraction of sp³-hybridized carbons (Fsp3) is 0.188. The minimum Gasteiger partial charge on any atom is -0.489 e. The van der Waals surface area contributed by atoms with Crippen LogP contribution < -0.4 is 10.1 Å². The summed E-state index contributed by atoms with van der Waals surface area (Å²) in [6.07, 6.45) is -0.370. The molecule has 3 rings (SSSR count). The summed E-state index contributed by atoms with van der Waals surface area (Å²) in [5, 5.41) is 2.75. The number of hydrogen-bond donors (Lipinski definition) is 1. The van der Waals surface area contributed by atoms with Crippen molar-refractivity contribution >= 4 is 6.09 Å². The normalized spacial score (nSPS) is 17.4. The van der Waals surface area contributed by atoms with Crippen LogP contribution in [0.15, 0.2) is 54.6 Å². The third kappa shape index (κ3) is 2.91. The number of amides is 1. The van der Waals surface area contributed by atoms with E-state index >= 15 is 0 Å². The lowest BCUT2D eigenvalue weighted by molar-refractivity contribution is 0.177. The number of carbonyl (C=O) groups is 1. The van der Waals surface area contributed by atoms with Gasteiger partial charge in [0.1, 0.15) is 19.0 Å². The van der Waals surface area contributed by atoms with Gasteiger partial charge in [0, 0.05) is 0 Å². The molecular formula is C16H15NO3. The standard InChI is InChI=1S/C16H15NO3/c18-16-17-15(11-20-16)13-7-4-8-14(9-13)19-10-12-5-2-1-3-6-12/h1-9,15H,10-11H2,(H,17,18)/t15-/m0/s1. The van der Waals surface area contributed by atoms with Crippen LogP contribution in [0.2, 0.25) is 0 Å². The number of benzene rings is 2. The number of cyclic esters (lactones) is 1. The second-order valence-corrected chi connectivity index (χ2v) is 4.64. The summed E-state index contributed by atoms with van der Waals surface area (Å²) in [5.74, 6) is 0.785. The molecule has 0 saturated carbocycles. The zero-order chi connectivity index (χ0) is 13.8. The van der Waals surface area contributed by atoms with E-state index in [1.807, 2.05) is 54.6 Å². The molecule has 4 nitrogen and oxygen atoms in total. The topological polar surface area (TPSA) is 47.6 Å². The van der Waals surface area contributed by atoms with Crippen molar-refractivity contribution in [2.24, 2.45) is 0 Å². The summed E-state index contributed by atoms with van der Waals surface area (Å²) in [6.45, 7) is 0.888. The zero-order valence-corrected chi connectivity index (χ0v) is 10.9. The molecule has 1 fully saturated rings. The maximum atomic E-state index is 11.1. The summed E-state index contributed by atoms with van der Waals surface area (Å²) in [4.78, 5) is 11.1. The third-order valence-electron chi connectivity index (χ3n) is 3.18. The first-order valence-corrected chi connectivity index (χ1v) is 6.51. The van der Waals surface area contributed by atoms with Crippen LogP contribution in [0.1, 0.15) is 17.2 Å². The molecule has 1 N–H and O–H groups in total. The predicted molar refractivity (Wildman–Crippen MR) is 74.4 cm³/mol. The monoisotopic (exact) mass is 269 g/mol. The van der Waals surface area contributed by atoms with Gasteiger partial charge in [0.15, 0.2) is 0 Å². The van der Waals surface area contributed by atoms with Crippen molar-refractivity contribution in [3.8, 4) is 5.75 Å². The lowest BCUT2D eigenvalue weighted by atomic mass is 10.1. The van der Waals surface area contributed by atoms with Crippen LogP contribution in [-0.4, -0.2) is 12.7 Å². The molecule has 1 aliphatic rings. The van der Waals surface area contributed by atoms with E-state index in [-0.39, 0.29) is 12.1 Å². The predicted octanol–water partition coefficient (Wildman–Crippen LogP) is 3.05. The lowest BCUT2D eigenvalue weighted by Gasteiger charge is -2.11. The summed E-state index contributed by atoms with van der Waals surface area (Å²) < 4.78 is 10.7. The van der Waals surface area contributed by atoms with Gasteiger partial charge in [0.05, 0.1) is 6.04 Å². The molecule has 20 heavy (non-hydrogen) atoms. The Labute approximate surface area is 117 Å². The highest BCUT2D eigenvalue weighted by Crippen LogP contribution is 2.23. The smallest absolute Gasteiger partial charge is 0.407 e. The number of nitrogens with one attached hydrogen (secondary N) is 1. The highest BCUT2D eigenvalue weighted by molar-refractivity contribution is 5.70. The Bertz CT molecular complexity index is 598.